The summed E-state index contributed by atoms with van der Waals surface area (Å²) in [7, 11) is 0. The van der Waals surface area contributed by atoms with Crippen LogP contribution in [0.2, 0.25) is 0 Å². The Morgan fingerprint density at radius 3 is 2.69 bits per heavy atom. The van der Waals surface area contributed by atoms with Crippen molar-refractivity contribution in [1.29, 1.82) is 0 Å². The van der Waals surface area contributed by atoms with Crippen LogP contribution in [0.1, 0.15) is 41.8 Å². The van der Waals surface area contributed by atoms with E-state index in [-0.39, 0.29) is 17.8 Å². The predicted molar refractivity (Wildman–Crippen MR) is 126 cm³/mol. The maximum Gasteiger partial charge on any atom is 0.251 e. The van der Waals surface area contributed by atoms with Gasteiger partial charge in [-0.3, -0.25) is 9.78 Å². The molecule has 164 valence electrons. The number of nitrogens with zero attached hydrogens (tertiary/aromatic N) is 3. The van der Waals surface area contributed by atoms with Crippen LogP contribution in [-0.4, -0.2) is 26.5 Å². The lowest BCUT2D eigenvalue weighted by atomic mass is 10.1. The fourth-order valence-corrected chi connectivity index (χ4v) is 4.32. The quantitative estimate of drug-likeness (QED) is 0.365. The van der Waals surface area contributed by atoms with E-state index in [2.05, 4.69) is 14.9 Å². The summed E-state index contributed by atoms with van der Waals surface area (Å²) >= 11 is 1.50. The van der Waals surface area contributed by atoms with Gasteiger partial charge in [0.25, 0.3) is 5.91 Å². The third kappa shape index (κ3) is 4.99. The maximum absolute atomic E-state index is 14.1. The molecule has 5 nitrogen and oxygen atoms in total. The number of carbonyl (C=O) groups excluding carboxylic acids is 1. The molecule has 1 unspecified atom stereocenters. The number of halogens is 1. The molecule has 1 N–H and O–H groups in total. The number of rotatable bonds is 8. The first-order chi connectivity index (χ1) is 15.5. The maximum atomic E-state index is 14.1. The molecule has 0 aliphatic heterocycles. The van der Waals surface area contributed by atoms with E-state index in [0.29, 0.717) is 23.4 Å². The highest BCUT2D eigenvalue weighted by Crippen LogP contribution is 2.28. The van der Waals surface area contributed by atoms with Crippen LogP contribution in [0.25, 0.3) is 11.0 Å². The van der Waals surface area contributed by atoms with Crippen molar-refractivity contribution in [2.45, 2.75) is 43.8 Å². The number of aromatic nitrogens is 3. The number of amides is 1. The van der Waals surface area contributed by atoms with Crippen molar-refractivity contribution >= 4 is 28.7 Å². The van der Waals surface area contributed by atoms with Gasteiger partial charge in [-0.05, 0) is 48.7 Å². The van der Waals surface area contributed by atoms with Crippen LogP contribution in [-0.2, 0) is 12.3 Å². The molecule has 0 aliphatic rings. The van der Waals surface area contributed by atoms with Gasteiger partial charge in [0.05, 0.1) is 23.8 Å². The van der Waals surface area contributed by atoms with E-state index in [1.807, 2.05) is 50.2 Å². The molecule has 2 aromatic heterocycles. The smallest absolute Gasteiger partial charge is 0.251 e. The lowest BCUT2D eigenvalue weighted by Crippen LogP contribution is -2.31. The minimum Gasteiger partial charge on any atom is -0.350 e. The molecule has 4 aromatic rings. The SMILES string of the molecule is CCC(C)NC(=O)c1ccc(Cn2c(SCc3ccccc3F)nc3ccncc32)cc1. The molecule has 1 atom stereocenters. The van der Waals surface area contributed by atoms with E-state index in [0.717, 1.165) is 28.2 Å². The highest BCUT2D eigenvalue weighted by Gasteiger charge is 2.14. The van der Waals surface area contributed by atoms with Crippen molar-refractivity contribution in [1.82, 2.24) is 19.9 Å². The number of pyridine rings is 1. The third-order valence-corrected chi connectivity index (χ3v) is 6.40. The van der Waals surface area contributed by atoms with Crippen molar-refractivity contribution in [3.63, 3.8) is 0 Å². The van der Waals surface area contributed by atoms with Crippen molar-refractivity contribution in [2.24, 2.45) is 0 Å². The largest absolute Gasteiger partial charge is 0.350 e. The first-order valence-electron chi connectivity index (χ1n) is 10.6. The van der Waals surface area contributed by atoms with E-state index in [1.165, 1.54) is 17.8 Å². The molecule has 1 amide bonds. The Bertz CT molecular complexity index is 1220. The summed E-state index contributed by atoms with van der Waals surface area (Å²) in [4.78, 5) is 21.3. The van der Waals surface area contributed by atoms with Crippen LogP contribution in [0, 0.1) is 5.82 Å². The second-order valence-electron chi connectivity index (χ2n) is 7.70. The van der Waals surface area contributed by atoms with Gasteiger partial charge in [-0.1, -0.05) is 49.0 Å². The third-order valence-electron chi connectivity index (χ3n) is 5.38. The van der Waals surface area contributed by atoms with Gasteiger partial charge in [0, 0.05) is 23.6 Å². The first kappa shape index (κ1) is 22.0. The minimum atomic E-state index is -0.212. The van der Waals surface area contributed by atoms with Gasteiger partial charge >= 0.3 is 0 Å². The molecule has 0 aliphatic carbocycles. The molecule has 4 rings (SSSR count). The summed E-state index contributed by atoms with van der Waals surface area (Å²) in [5.41, 5.74) is 4.09. The van der Waals surface area contributed by atoms with Crippen LogP contribution < -0.4 is 5.32 Å². The van der Waals surface area contributed by atoms with Gasteiger partial charge < -0.3 is 9.88 Å². The monoisotopic (exact) mass is 448 g/mol. The Morgan fingerprint density at radius 1 is 1.16 bits per heavy atom. The second kappa shape index (κ2) is 9.96. The number of fused-ring (bicyclic) bond motifs is 1. The molecule has 0 radical (unpaired) electrons. The molecule has 0 bridgehead atoms. The zero-order valence-corrected chi connectivity index (χ0v) is 18.9. The molecule has 0 fully saturated rings. The van der Waals surface area contributed by atoms with Gasteiger partial charge in [0.1, 0.15) is 5.82 Å². The number of benzene rings is 2. The topological polar surface area (TPSA) is 59.8 Å². The lowest BCUT2D eigenvalue weighted by molar-refractivity contribution is 0.0939. The molecule has 2 heterocycles. The zero-order chi connectivity index (χ0) is 22.5. The van der Waals surface area contributed by atoms with Crippen LogP contribution in [0.5, 0.6) is 0 Å². The highest BCUT2D eigenvalue weighted by atomic mass is 32.2. The number of hydrogen-bond donors (Lipinski definition) is 1. The predicted octanol–water partition coefficient (Wildman–Crippen LogP) is 5.44. The Kier molecular flexibility index (Phi) is 6.85. The fourth-order valence-electron chi connectivity index (χ4n) is 3.32. The molecule has 2 aromatic carbocycles. The first-order valence-corrected chi connectivity index (χ1v) is 11.6. The average molecular weight is 449 g/mol. The van der Waals surface area contributed by atoms with Crippen molar-refractivity contribution in [3.8, 4) is 0 Å². The zero-order valence-electron chi connectivity index (χ0n) is 18.1. The summed E-state index contributed by atoms with van der Waals surface area (Å²) < 4.78 is 16.2. The van der Waals surface area contributed by atoms with E-state index >= 15 is 0 Å². The van der Waals surface area contributed by atoms with Crippen LogP contribution >= 0.6 is 11.8 Å². The summed E-state index contributed by atoms with van der Waals surface area (Å²) in [6.07, 6.45) is 4.40. The van der Waals surface area contributed by atoms with Gasteiger partial charge in [-0.25, -0.2) is 9.37 Å². The number of thioether (sulfide) groups is 1. The Hall–Kier alpha value is -3.19. The van der Waals surface area contributed by atoms with Crippen LogP contribution in [0.15, 0.2) is 72.1 Å². The summed E-state index contributed by atoms with van der Waals surface area (Å²) in [5, 5.41) is 3.79. The molecule has 7 heteroatoms. The highest BCUT2D eigenvalue weighted by molar-refractivity contribution is 7.98. The van der Waals surface area contributed by atoms with E-state index in [9.17, 15) is 9.18 Å². The van der Waals surface area contributed by atoms with Gasteiger partial charge in [0.2, 0.25) is 0 Å². The Labute approximate surface area is 191 Å². The average Bonchev–Trinajstić information content (AvgIpc) is 3.16. The van der Waals surface area contributed by atoms with Crippen LogP contribution in [0.3, 0.4) is 0 Å². The van der Waals surface area contributed by atoms with Gasteiger partial charge in [0.15, 0.2) is 5.16 Å². The number of hydrogen-bond acceptors (Lipinski definition) is 4. The molecular weight excluding hydrogens is 423 g/mol. The summed E-state index contributed by atoms with van der Waals surface area (Å²) in [6.45, 7) is 4.61. The van der Waals surface area contributed by atoms with Crippen molar-refractivity contribution in [3.05, 3.63) is 89.5 Å². The number of nitrogens with one attached hydrogen (secondary N) is 1. The molecule has 0 spiro atoms. The normalized spacial score (nSPS) is 12.1. The van der Waals surface area contributed by atoms with Gasteiger partial charge in [-0.15, -0.1) is 0 Å². The molecule has 32 heavy (non-hydrogen) atoms. The van der Waals surface area contributed by atoms with Crippen molar-refractivity contribution < 1.29 is 9.18 Å². The molecule has 0 saturated carbocycles. The Morgan fingerprint density at radius 2 is 1.94 bits per heavy atom. The fraction of sp³-hybridized carbons (Fsp3) is 0.240. The van der Waals surface area contributed by atoms with E-state index in [1.54, 1.807) is 24.5 Å². The standard InChI is InChI=1S/C25H25FN4OS/c1-3-17(2)28-24(31)19-10-8-18(9-11-19)15-30-23-14-27-13-12-22(23)29-25(30)32-16-20-6-4-5-7-21(20)26/h4-14,17H,3,15-16H2,1-2H3,(H,28,31). The van der Waals surface area contributed by atoms with Gasteiger partial charge in [-0.2, -0.15) is 0 Å². The summed E-state index contributed by atoms with van der Waals surface area (Å²) in [6, 6.07) is 16.4. The Balaban J connectivity index is 1.56. The lowest BCUT2D eigenvalue weighted by Gasteiger charge is -2.12. The number of imidazole rings is 1. The minimum absolute atomic E-state index is 0.0655. The molecular formula is C25H25FN4OS. The molecule has 0 saturated heterocycles. The second-order valence-corrected chi connectivity index (χ2v) is 8.65. The van der Waals surface area contributed by atoms with E-state index in [4.69, 9.17) is 4.98 Å². The van der Waals surface area contributed by atoms with Crippen molar-refractivity contribution in [2.75, 3.05) is 0 Å². The summed E-state index contributed by atoms with van der Waals surface area (Å²) in [5.74, 6) is 0.206. The van der Waals surface area contributed by atoms with E-state index < -0.39 is 0 Å². The number of carbonyl (C=O) groups is 1. The van der Waals surface area contributed by atoms with Crippen LogP contribution in [0.4, 0.5) is 4.39 Å².